The highest BCUT2D eigenvalue weighted by Crippen LogP contribution is 2.58. The Morgan fingerprint density at radius 1 is 0.338 bits per heavy atom. The zero-order chi connectivity index (χ0) is 45.2. The molecule has 0 atom stereocenters. The van der Waals surface area contributed by atoms with E-state index in [1.54, 1.807) is 0 Å². The molecule has 10 aromatic carbocycles. The average molecular weight is 870 g/mol. The van der Waals surface area contributed by atoms with E-state index in [2.05, 4.69) is 277 Å². The highest BCUT2D eigenvalue weighted by molar-refractivity contribution is 5.92. The molecule has 0 radical (unpaired) electrons. The van der Waals surface area contributed by atoms with E-state index in [4.69, 9.17) is 0 Å². The van der Waals surface area contributed by atoms with Crippen LogP contribution in [0.4, 0.5) is 17.1 Å². The number of rotatable bonds is 9. The van der Waals surface area contributed by atoms with Gasteiger partial charge in [-0.3, -0.25) is 10.1 Å². The normalized spacial score (nSPS) is 13.6. The molecule has 0 saturated carbocycles. The average Bonchev–Trinajstić information content (AvgIpc) is 4.02. The number of hydrogen-bond donors (Lipinski definition) is 2. The quantitative estimate of drug-likeness (QED) is 0.151. The third-order valence-electron chi connectivity index (χ3n) is 14.6. The second kappa shape index (κ2) is 15.8. The largest absolute Gasteiger partial charge is 0.355 e. The molecule has 0 fully saturated rings. The zero-order valence-electron chi connectivity index (χ0n) is 37.7. The topological polar surface area (TPSA) is 29.0 Å². The number of aryl methyl sites for hydroxylation is 1. The molecule has 11 aromatic rings. The molecule has 0 bridgehead atoms. The molecule has 0 unspecified atom stereocenters. The van der Waals surface area contributed by atoms with Crippen LogP contribution in [0.25, 0.3) is 44.4 Å². The van der Waals surface area contributed by atoms with E-state index in [9.17, 15) is 0 Å². The smallest absolute Gasteiger partial charge is 0.0724 e. The van der Waals surface area contributed by atoms with E-state index in [-0.39, 0.29) is 0 Å². The number of fused-ring (bicyclic) bond motifs is 7. The molecular formula is C65H47N3. The summed E-state index contributed by atoms with van der Waals surface area (Å²) in [5.41, 5.74) is 25.8. The van der Waals surface area contributed by atoms with Crippen molar-refractivity contribution in [2.75, 3.05) is 10.7 Å². The van der Waals surface area contributed by atoms with Crippen molar-refractivity contribution in [3.05, 3.63) is 305 Å². The Morgan fingerprint density at radius 3 is 1.31 bits per heavy atom. The van der Waals surface area contributed by atoms with E-state index in [0.717, 1.165) is 39.2 Å². The van der Waals surface area contributed by atoms with Crippen molar-refractivity contribution >= 4 is 28.0 Å². The Labute approximate surface area is 397 Å². The van der Waals surface area contributed by atoms with Crippen LogP contribution in [0.5, 0.6) is 0 Å². The maximum atomic E-state index is 3.96. The first kappa shape index (κ1) is 39.7. The zero-order valence-corrected chi connectivity index (χ0v) is 37.7. The number of nitrogens with one attached hydrogen (secondary N) is 2. The predicted octanol–water partition coefficient (Wildman–Crippen LogP) is 16.0. The lowest BCUT2D eigenvalue weighted by Crippen LogP contribution is -2.28. The SMILES string of the molecule is Cc1cccc(-c2cc3ccc(Nc4cccc(C5(c6ccccc6)c6ccccc6-c6ccccc65)c4)cc3n2Nc2cccc(C3(c4ccccc4)c4ccccc4-c4ccccc43)c2)c1. The van der Waals surface area contributed by atoms with Gasteiger partial charge < -0.3 is 5.32 Å². The molecule has 1 aromatic heterocycles. The summed E-state index contributed by atoms with van der Waals surface area (Å²) in [5.74, 6) is 0. The summed E-state index contributed by atoms with van der Waals surface area (Å²) in [6.45, 7) is 2.16. The van der Waals surface area contributed by atoms with E-state index >= 15 is 0 Å². The molecule has 68 heavy (non-hydrogen) atoms. The van der Waals surface area contributed by atoms with Gasteiger partial charge in [-0.05, 0) is 122 Å². The molecule has 13 rings (SSSR count). The third kappa shape index (κ3) is 5.99. The summed E-state index contributed by atoms with van der Waals surface area (Å²) < 4.78 is 2.27. The Bertz CT molecular complexity index is 3620. The van der Waals surface area contributed by atoms with E-state index in [1.165, 1.54) is 72.3 Å². The van der Waals surface area contributed by atoms with Crippen LogP contribution in [-0.4, -0.2) is 4.68 Å². The number of aromatic nitrogens is 1. The van der Waals surface area contributed by atoms with Crippen molar-refractivity contribution in [2.24, 2.45) is 0 Å². The van der Waals surface area contributed by atoms with Crippen LogP contribution in [0, 0.1) is 6.92 Å². The van der Waals surface area contributed by atoms with Gasteiger partial charge in [0.15, 0.2) is 0 Å². The number of hydrogen-bond acceptors (Lipinski definition) is 2. The molecule has 2 aliphatic carbocycles. The standard InChI is InChI=1S/C65H47N3/c1-44-19-16-20-45(39-44)62-40-46-37-38-52(66-51-27-17-25-49(41-51)64(47-21-4-2-5-22-47)58-33-12-8-29-54(58)55-30-9-13-34-59(55)64)43-63(46)68(62)67-53-28-18-26-50(42-53)65(48-23-6-3-7-24-48)60-35-14-10-31-56(60)57-32-11-15-36-61(57)65/h2-43,66-67H,1H3. The maximum Gasteiger partial charge on any atom is 0.0724 e. The van der Waals surface area contributed by atoms with Crippen LogP contribution in [0.1, 0.15) is 50.1 Å². The first-order valence-electron chi connectivity index (χ1n) is 23.6. The highest BCUT2D eigenvalue weighted by atomic mass is 15.4. The molecule has 3 nitrogen and oxygen atoms in total. The molecule has 322 valence electrons. The van der Waals surface area contributed by atoms with Crippen LogP contribution < -0.4 is 10.7 Å². The minimum Gasteiger partial charge on any atom is -0.355 e. The predicted molar refractivity (Wildman–Crippen MR) is 282 cm³/mol. The van der Waals surface area contributed by atoms with Crippen LogP contribution in [0.3, 0.4) is 0 Å². The van der Waals surface area contributed by atoms with Crippen LogP contribution in [0.2, 0.25) is 0 Å². The molecule has 3 heteroatoms. The first-order chi connectivity index (χ1) is 33.6. The lowest BCUT2D eigenvalue weighted by Gasteiger charge is -2.34. The van der Waals surface area contributed by atoms with Gasteiger partial charge in [-0.2, -0.15) is 0 Å². The van der Waals surface area contributed by atoms with Crippen molar-refractivity contribution in [3.8, 4) is 33.5 Å². The van der Waals surface area contributed by atoms with Crippen LogP contribution in [-0.2, 0) is 10.8 Å². The summed E-state index contributed by atoms with van der Waals surface area (Å²) in [7, 11) is 0. The Hall–Kier alpha value is -8.66. The monoisotopic (exact) mass is 869 g/mol. The number of benzene rings is 10. The van der Waals surface area contributed by atoms with Crippen molar-refractivity contribution < 1.29 is 0 Å². The molecule has 0 amide bonds. The van der Waals surface area contributed by atoms with Gasteiger partial charge in [-0.25, -0.2) is 0 Å². The van der Waals surface area contributed by atoms with Gasteiger partial charge in [0.05, 0.1) is 27.7 Å². The minimum atomic E-state index is -0.502. The van der Waals surface area contributed by atoms with Gasteiger partial charge >= 0.3 is 0 Å². The van der Waals surface area contributed by atoms with Gasteiger partial charge in [-0.1, -0.05) is 212 Å². The summed E-state index contributed by atoms with van der Waals surface area (Å²) in [5, 5.41) is 5.02. The fraction of sp³-hybridized carbons (Fsp3) is 0.0462. The lowest BCUT2D eigenvalue weighted by atomic mass is 9.67. The molecule has 0 aliphatic heterocycles. The number of nitrogens with zero attached hydrogens (tertiary/aromatic N) is 1. The fourth-order valence-electron chi connectivity index (χ4n) is 11.8. The van der Waals surface area contributed by atoms with Crippen molar-refractivity contribution in [1.29, 1.82) is 0 Å². The fourth-order valence-corrected chi connectivity index (χ4v) is 11.8. The Balaban J connectivity index is 0.934. The van der Waals surface area contributed by atoms with Gasteiger partial charge in [-0.15, -0.1) is 0 Å². The Morgan fingerprint density at radius 2 is 0.779 bits per heavy atom. The van der Waals surface area contributed by atoms with E-state index in [1.807, 2.05) is 0 Å². The second-order valence-corrected chi connectivity index (χ2v) is 18.3. The molecule has 0 spiro atoms. The van der Waals surface area contributed by atoms with Gasteiger partial charge in [0.1, 0.15) is 0 Å². The highest BCUT2D eigenvalue weighted by Gasteiger charge is 2.47. The van der Waals surface area contributed by atoms with Crippen LogP contribution in [0.15, 0.2) is 255 Å². The van der Waals surface area contributed by atoms with Gasteiger partial charge in [0.2, 0.25) is 0 Å². The third-order valence-corrected chi connectivity index (χ3v) is 14.6. The van der Waals surface area contributed by atoms with Crippen molar-refractivity contribution in [3.63, 3.8) is 0 Å². The number of anilines is 3. The summed E-state index contributed by atoms with van der Waals surface area (Å²) in [6, 6.07) is 93.6. The molecule has 0 saturated heterocycles. The minimum absolute atomic E-state index is 0.478. The first-order valence-corrected chi connectivity index (χ1v) is 23.6. The lowest BCUT2D eigenvalue weighted by molar-refractivity contribution is 0.768. The van der Waals surface area contributed by atoms with Gasteiger partial charge in [0.25, 0.3) is 0 Å². The summed E-state index contributed by atoms with van der Waals surface area (Å²) in [4.78, 5) is 0. The molecule has 1 heterocycles. The van der Waals surface area contributed by atoms with Gasteiger partial charge in [0, 0.05) is 22.3 Å². The maximum absolute atomic E-state index is 3.96. The molecular weight excluding hydrogens is 823 g/mol. The van der Waals surface area contributed by atoms with Crippen LogP contribution >= 0.6 is 0 Å². The van der Waals surface area contributed by atoms with Crippen molar-refractivity contribution in [2.45, 2.75) is 17.8 Å². The molecule has 2 aliphatic rings. The van der Waals surface area contributed by atoms with E-state index < -0.39 is 10.8 Å². The summed E-state index contributed by atoms with van der Waals surface area (Å²) in [6.07, 6.45) is 0. The van der Waals surface area contributed by atoms with Crippen molar-refractivity contribution in [1.82, 2.24) is 4.68 Å². The second-order valence-electron chi connectivity index (χ2n) is 18.3. The molecule has 2 N–H and O–H groups in total. The Kier molecular flexibility index (Phi) is 9.19. The van der Waals surface area contributed by atoms with E-state index in [0.29, 0.717) is 0 Å². The summed E-state index contributed by atoms with van der Waals surface area (Å²) >= 11 is 0.